The lowest BCUT2D eigenvalue weighted by Crippen LogP contribution is -2.37. The van der Waals surface area contributed by atoms with E-state index in [1.807, 2.05) is 0 Å². The molecule has 1 fully saturated rings. The fourth-order valence-electron chi connectivity index (χ4n) is 2.67. The second kappa shape index (κ2) is 8.12. The van der Waals surface area contributed by atoms with Crippen LogP contribution in [0.5, 0.6) is 0 Å². The van der Waals surface area contributed by atoms with Gasteiger partial charge in [-0.05, 0) is 24.0 Å². The summed E-state index contributed by atoms with van der Waals surface area (Å²) in [4.78, 5) is 12.9. The molecule has 1 aliphatic rings. The highest BCUT2D eigenvalue weighted by atomic mass is 16.5. The van der Waals surface area contributed by atoms with Crippen molar-refractivity contribution in [1.82, 2.24) is 4.90 Å². The molecule has 0 atom stereocenters. The average molecular weight is 293 g/mol. The van der Waals surface area contributed by atoms with Crippen LogP contribution in [0.2, 0.25) is 0 Å². The number of nitrogens with zero attached hydrogens (tertiary/aromatic N) is 1. The SMILES string of the molecule is COCc1cccc(CN2CCC(OCC(=O)O)CC2)c1. The number of hydrogen-bond donors (Lipinski definition) is 1. The van der Waals surface area contributed by atoms with Crippen molar-refractivity contribution in [2.75, 3.05) is 26.8 Å². The number of methoxy groups -OCH3 is 1. The average Bonchev–Trinajstić information content (AvgIpc) is 2.47. The van der Waals surface area contributed by atoms with Gasteiger partial charge in [0.05, 0.1) is 12.7 Å². The van der Waals surface area contributed by atoms with Crippen LogP contribution in [0.4, 0.5) is 0 Å². The van der Waals surface area contributed by atoms with Crippen molar-refractivity contribution in [3.05, 3.63) is 35.4 Å². The number of likely N-dealkylation sites (tertiary alicyclic amines) is 1. The smallest absolute Gasteiger partial charge is 0.329 e. The molecule has 1 aliphatic heterocycles. The lowest BCUT2D eigenvalue weighted by Gasteiger charge is -2.31. The van der Waals surface area contributed by atoms with Crippen molar-refractivity contribution in [3.63, 3.8) is 0 Å². The highest BCUT2D eigenvalue weighted by Gasteiger charge is 2.20. The van der Waals surface area contributed by atoms with E-state index < -0.39 is 5.97 Å². The standard InChI is InChI=1S/C16H23NO4/c1-20-11-14-4-2-3-13(9-14)10-17-7-5-15(6-8-17)21-12-16(18)19/h2-4,9,15H,5-8,10-12H2,1H3,(H,18,19). The largest absolute Gasteiger partial charge is 0.480 e. The molecule has 0 aromatic heterocycles. The van der Waals surface area contributed by atoms with Gasteiger partial charge in [0.25, 0.3) is 0 Å². The van der Waals surface area contributed by atoms with Gasteiger partial charge in [-0.2, -0.15) is 0 Å². The molecule has 0 bridgehead atoms. The summed E-state index contributed by atoms with van der Waals surface area (Å²) in [6, 6.07) is 8.44. The Kier molecular flexibility index (Phi) is 6.17. The van der Waals surface area contributed by atoms with Crippen LogP contribution in [0.3, 0.4) is 0 Å². The number of ether oxygens (including phenoxy) is 2. The van der Waals surface area contributed by atoms with E-state index >= 15 is 0 Å². The number of carboxylic acid groups (broad SMARTS) is 1. The van der Waals surface area contributed by atoms with Crippen molar-refractivity contribution in [2.45, 2.75) is 32.1 Å². The van der Waals surface area contributed by atoms with E-state index in [9.17, 15) is 4.79 Å². The Labute approximate surface area is 125 Å². The molecule has 0 saturated carbocycles. The van der Waals surface area contributed by atoms with Crippen LogP contribution < -0.4 is 0 Å². The van der Waals surface area contributed by atoms with Crippen LogP contribution in [0, 0.1) is 0 Å². The molecule has 116 valence electrons. The Morgan fingerprint density at radius 2 is 2.05 bits per heavy atom. The van der Waals surface area contributed by atoms with Crippen LogP contribution in [0.15, 0.2) is 24.3 Å². The lowest BCUT2D eigenvalue weighted by atomic mass is 10.1. The predicted octanol–water partition coefficient (Wildman–Crippen LogP) is 1.90. The Morgan fingerprint density at radius 3 is 2.71 bits per heavy atom. The van der Waals surface area contributed by atoms with Crippen LogP contribution in [-0.2, 0) is 27.4 Å². The van der Waals surface area contributed by atoms with Gasteiger partial charge < -0.3 is 14.6 Å². The van der Waals surface area contributed by atoms with E-state index in [0.29, 0.717) is 6.61 Å². The molecular weight excluding hydrogens is 270 g/mol. The fourth-order valence-corrected chi connectivity index (χ4v) is 2.67. The summed E-state index contributed by atoms with van der Waals surface area (Å²) in [6.07, 6.45) is 1.87. The topological polar surface area (TPSA) is 59.0 Å². The van der Waals surface area contributed by atoms with Gasteiger partial charge in [-0.15, -0.1) is 0 Å². The van der Waals surface area contributed by atoms with E-state index in [2.05, 4.69) is 29.2 Å². The molecule has 0 unspecified atom stereocenters. The third-order valence-corrected chi connectivity index (χ3v) is 3.69. The van der Waals surface area contributed by atoms with Gasteiger partial charge in [0.2, 0.25) is 0 Å². The van der Waals surface area contributed by atoms with Crippen LogP contribution in [-0.4, -0.2) is 48.9 Å². The molecule has 0 radical (unpaired) electrons. The van der Waals surface area contributed by atoms with E-state index in [4.69, 9.17) is 14.6 Å². The highest BCUT2D eigenvalue weighted by Crippen LogP contribution is 2.17. The second-order valence-corrected chi connectivity index (χ2v) is 5.43. The molecule has 1 saturated heterocycles. The van der Waals surface area contributed by atoms with E-state index in [-0.39, 0.29) is 12.7 Å². The number of carboxylic acids is 1. The first-order valence-corrected chi connectivity index (χ1v) is 7.30. The Bertz CT molecular complexity index is 455. The van der Waals surface area contributed by atoms with Gasteiger partial charge in [0.15, 0.2) is 0 Å². The minimum Gasteiger partial charge on any atom is -0.480 e. The van der Waals surface area contributed by atoms with Crippen molar-refractivity contribution in [2.24, 2.45) is 0 Å². The van der Waals surface area contributed by atoms with Gasteiger partial charge in [-0.25, -0.2) is 4.79 Å². The number of benzene rings is 1. The van der Waals surface area contributed by atoms with Crippen molar-refractivity contribution in [3.8, 4) is 0 Å². The predicted molar refractivity (Wildman–Crippen MR) is 79.0 cm³/mol. The highest BCUT2D eigenvalue weighted by molar-refractivity contribution is 5.68. The minimum atomic E-state index is -0.896. The zero-order valence-corrected chi connectivity index (χ0v) is 12.5. The quantitative estimate of drug-likeness (QED) is 0.832. The van der Waals surface area contributed by atoms with Crippen LogP contribution in [0.1, 0.15) is 24.0 Å². The molecule has 0 amide bonds. The van der Waals surface area contributed by atoms with Crippen molar-refractivity contribution >= 4 is 5.97 Å². The summed E-state index contributed by atoms with van der Waals surface area (Å²) in [6.45, 7) is 3.25. The van der Waals surface area contributed by atoms with Gasteiger partial charge in [-0.1, -0.05) is 24.3 Å². The molecule has 1 heterocycles. The molecule has 2 rings (SSSR count). The summed E-state index contributed by atoms with van der Waals surface area (Å²) in [5, 5.41) is 8.62. The Hall–Kier alpha value is -1.43. The van der Waals surface area contributed by atoms with Crippen molar-refractivity contribution < 1.29 is 19.4 Å². The number of carbonyl (C=O) groups is 1. The molecule has 5 nitrogen and oxygen atoms in total. The normalized spacial score (nSPS) is 17.0. The van der Waals surface area contributed by atoms with E-state index in [1.54, 1.807) is 7.11 Å². The molecule has 21 heavy (non-hydrogen) atoms. The van der Waals surface area contributed by atoms with Gasteiger partial charge in [0.1, 0.15) is 6.61 Å². The van der Waals surface area contributed by atoms with E-state index in [1.165, 1.54) is 11.1 Å². The summed E-state index contributed by atoms with van der Waals surface area (Å²) in [5.41, 5.74) is 2.48. The van der Waals surface area contributed by atoms with E-state index in [0.717, 1.165) is 32.5 Å². The molecule has 1 aromatic carbocycles. The van der Waals surface area contributed by atoms with Gasteiger partial charge in [-0.3, -0.25) is 4.90 Å². The summed E-state index contributed by atoms with van der Waals surface area (Å²) in [7, 11) is 1.70. The number of aliphatic carboxylic acids is 1. The zero-order valence-electron chi connectivity index (χ0n) is 12.5. The van der Waals surface area contributed by atoms with Crippen LogP contribution >= 0.6 is 0 Å². The third kappa shape index (κ3) is 5.46. The number of rotatable bonds is 7. The second-order valence-electron chi connectivity index (χ2n) is 5.43. The van der Waals surface area contributed by atoms with Gasteiger partial charge >= 0.3 is 5.97 Å². The van der Waals surface area contributed by atoms with Gasteiger partial charge in [0, 0.05) is 26.7 Å². The molecule has 0 spiro atoms. The first kappa shape index (κ1) is 15.9. The first-order valence-electron chi connectivity index (χ1n) is 7.30. The molecule has 1 aromatic rings. The first-order chi connectivity index (χ1) is 10.2. The number of hydrogen-bond acceptors (Lipinski definition) is 4. The zero-order chi connectivity index (χ0) is 15.1. The molecular formula is C16H23NO4. The maximum atomic E-state index is 10.5. The summed E-state index contributed by atoms with van der Waals surface area (Å²) in [5.74, 6) is -0.896. The Balaban J connectivity index is 1.78. The summed E-state index contributed by atoms with van der Waals surface area (Å²) >= 11 is 0. The maximum absolute atomic E-state index is 10.5. The molecule has 5 heteroatoms. The number of piperidine rings is 1. The minimum absolute atomic E-state index is 0.0807. The summed E-state index contributed by atoms with van der Waals surface area (Å²) < 4.78 is 10.5. The molecule has 1 N–H and O–H groups in total. The fraction of sp³-hybridized carbons (Fsp3) is 0.562. The van der Waals surface area contributed by atoms with Crippen LogP contribution in [0.25, 0.3) is 0 Å². The molecule has 0 aliphatic carbocycles. The Morgan fingerprint density at radius 1 is 1.33 bits per heavy atom. The third-order valence-electron chi connectivity index (χ3n) is 3.69. The monoisotopic (exact) mass is 293 g/mol. The maximum Gasteiger partial charge on any atom is 0.329 e. The van der Waals surface area contributed by atoms with Crippen molar-refractivity contribution in [1.29, 1.82) is 0 Å². The lowest BCUT2D eigenvalue weighted by molar-refractivity contribution is -0.145.